The fourth-order valence-electron chi connectivity index (χ4n) is 2.08. The van der Waals surface area contributed by atoms with E-state index >= 15 is 0 Å². The molecule has 0 saturated carbocycles. The third-order valence-electron chi connectivity index (χ3n) is 3.15. The lowest BCUT2D eigenvalue weighted by molar-refractivity contribution is 0.962. The van der Waals surface area contributed by atoms with Crippen molar-refractivity contribution in [3.05, 3.63) is 59.5 Å². The Labute approximate surface area is 106 Å². The van der Waals surface area contributed by atoms with Crippen LogP contribution in [-0.2, 0) is 12.8 Å². The van der Waals surface area contributed by atoms with Crippen molar-refractivity contribution < 1.29 is 0 Å². The van der Waals surface area contributed by atoms with Crippen LogP contribution in [0, 0.1) is 13.3 Å². The largest absolute Gasteiger partial charge is 0.320 e. The van der Waals surface area contributed by atoms with Gasteiger partial charge in [0, 0.05) is 6.20 Å². The zero-order valence-electron chi connectivity index (χ0n) is 10.3. The molecule has 3 heteroatoms. The minimum absolute atomic E-state index is 0.816. The number of pyridine rings is 1. The maximum Gasteiger partial charge on any atom is 0.175 e. The molecule has 1 aromatic carbocycles. The van der Waals surface area contributed by atoms with Gasteiger partial charge in [-0.3, -0.25) is 0 Å². The maximum atomic E-state index is 4.22. The number of hydrogen-bond donors (Lipinski definition) is 1. The number of fused-ring (bicyclic) bond motifs is 1. The van der Waals surface area contributed by atoms with Gasteiger partial charge in [0.25, 0.3) is 0 Å². The van der Waals surface area contributed by atoms with E-state index in [9.17, 15) is 0 Å². The molecule has 0 aliphatic carbocycles. The third-order valence-corrected chi connectivity index (χ3v) is 3.15. The van der Waals surface area contributed by atoms with Gasteiger partial charge in [0.15, 0.2) is 12.0 Å². The lowest BCUT2D eigenvalue weighted by Gasteiger charge is -2.03. The first-order chi connectivity index (χ1) is 8.83. The quantitative estimate of drug-likeness (QED) is 0.759. The van der Waals surface area contributed by atoms with Crippen LogP contribution in [0.2, 0.25) is 0 Å². The summed E-state index contributed by atoms with van der Waals surface area (Å²) in [5.74, 6) is 0. The van der Waals surface area contributed by atoms with Gasteiger partial charge in [-0.05, 0) is 37.0 Å². The van der Waals surface area contributed by atoms with Crippen molar-refractivity contribution in [2.45, 2.75) is 19.8 Å². The summed E-state index contributed by atoms with van der Waals surface area (Å²) in [5.41, 5.74) is 5.62. The van der Waals surface area contributed by atoms with Crippen molar-refractivity contribution in [2.24, 2.45) is 0 Å². The fourth-order valence-corrected chi connectivity index (χ4v) is 2.08. The highest BCUT2D eigenvalue weighted by molar-refractivity contribution is 5.73. The number of imidazole rings is 1. The zero-order chi connectivity index (χ0) is 12.4. The molecule has 3 rings (SSSR count). The molecule has 0 fully saturated rings. The van der Waals surface area contributed by atoms with Gasteiger partial charge in [-0.15, -0.1) is 0 Å². The van der Waals surface area contributed by atoms with Crippen molar-refractivity contribution in [3.8, 4) is 0 Å². The highest BCUT2D eigenvalue weighted by Gasteiger charge is 2.04. The van der Waals surface area contributed by atoms with Crippen molar-refractivity contribution in [3.63, 3.8) is 0 Å². The van der Waals surface area contributed by atoms with Crippen molar-refractivity contribution in [1.29, 1.82) is 0 Å². The molecule has 0 spiro atoms. The maximum absolute atomic E-state index is 4.22. The molecular formula is C15H14N3. The minimum atomic E-state index is 0.816. The SMILES string of the molecule is Cc1ccc(CCc2ccnc3[nH][c]nc23)cc1. The highest BCUT2D eigenvalue weighted by Crippen LogP contribution is 2.15. The third kappa shape index (κ3) is 2.12. The normalized spacial score (nSPS) is 10.9. The first-order valence-electron chi connectivity index (χ1n) is 6.08. The molecule has 1 radical (unpaired) electrons. The summed E-state index contributed by atoms with van der Waals surface area (Å²) in [6, 6.07) is 10.7. The zero-order valence-corrected chi connectivity index (χ0v) is 10.3. The molecule has 2 heterocycles. The van der Waals surface area contributed by atoms with Crippen LogP contribution in [0.5, 0.6) is 0 Å². The van der Waals surface area contributed by atoms with E-state index in [2.05, 4.69) is 52.5 Å². The number of aryl methyl sites for hydroxylation is 3. The summed E-state index contributed by atoms with van der Waals surface area (Å²) in [7, 11) is 0. The van der Waals surface area contributed by atoms with Crippen LogP contribution in [0.1, 0.15) is 16.7 Å². The van der Waals surface area contributed by atoms with Crippen LogP contribution in [0.4, 0.5) is 0 Å². The second-order valence-corrected chi connectivity index (χ2v) is 4.50. The van der Waals surface area contributed by atoms with E-state index in [1.165, 1.54) is 16.7 Å². The van der Waals surface area contributed by atoms with Crippen molar-refractivity contribution >= 4 is 11.2 Å². The second-order valence-electron chi connectivity index (χ2n) is 4.50. The standard InChI is InChI=1S/C15H14N3/c1-11-2-4-12(5-3-11)6-7-13-8-9-16-15-14(13)17-10-18-15/h2-5,8-9H,6-7H2,1H3,(H,16,17,18). The number of H-pyrrole nitrogens is 1. The molecule has 18 heavy (non-hydrogen) atoms. The van der Waals surface area contributed by atoms with Gasteiger partial charge >= 0.3 is 0 Å². The van der Waals surface area contributed by atoms with E-state index in [-0.39, 0.29) is 0 Å². The molecule has 0 aliphatic rings. The average Bonchev–Trinajstić information content (AvgIpc) is 2.87. The Morgan fingerprint density at radius 1 is 1.11 bits per heavy atom. The summed E-state index contributed by atoms with van der Waals surface area (Å²) in [4.78, 5) is 11.3. The van der Waals surface area contributed by atoms with Crippen LogP contribution in [0.25, 0.3) is 11.2 Å². The molecule has 89 valence electrons. The van der Waals surface area contributed by atoms with Gasteiger partial charge in [0.1, 0.15) is 5.52 Å². The summed E-state index contributed by atoms with van der Waals surface area (Å²) in [6.45, 7) is 2.11. The van der Waals surface area contributed by atoms with Crippen molar-refractivity contribution in [1.82, 2.24) is 15.0 Å². The highest BCUT2D eigenvalue weighted by atomic mass is 14.9. The Morgan fingerprint density at radius 2 is 1.94 bits per heavy atom. The fraction of sp³-hybridized carbons (Fsp3) is 0.200. The van der Waals surface area contributed by atoms with E-state index in [1.807, 2.05) is 12.3 Å². The number of benzene rings is 1. The molecule has 3 aromatic rings. The molecule has 0 bridgehead atoms. The molecule has 0 aliphatic heterocycles. The van der Waals surface area contributed by atoms with Crippen LogP contribution >= 0.6 is 0 Å². The summed E-state index contributed by atoms with van der Waals surface area (Å²) >= 11 is 0. The molecule has 0 unspecified atom stereocenters. The van der Waals surface area contributed by atoms with E-state index in [0.29, 0.717) is 0 Å². The van der Waals surface area contributed by atoms with Gasteiger partial charge in [0.05, 0.1) is 0 Å². The number of hydrogen-bond acceptors (Lipinski definition) is 2. The molecule has 0 saturated heterocycles. The lowest BCUT2D eigenvalue weighted by atomic mass is 10.0. The second kappa shape index (κ2) is 4.61. The molecule has 3 nitrogen and oxygen atoms in total. The smallest absolute Gasteiger partial charge is 0.175 e. The Hall–Kier alpha value is -2.16. The number of aromatic nitrogens is 3. The van der Waals surface area contributed by atoms with Gasteiger partial charge in [-0.1, -0.05) is 29.8 Å². The van der Waals surface area contributed by atoms with Gasteiger partial charge in [-0.25, -0.2) is 9.97 Å². The molecule has 1 N–H and O–H groups in total. The van der Waals surface area contributed by atoms with E-state index in [1.54, 1.807) is 0 Å². The number of nitrogens with zero attached hydrogens (tertiary/aromatic N) is 2. The van der Waals surface area contributed by atoms with Crippen molar-refractivity contribution in [2.75, 3.05) is 0 Å². The summed E-state index contributed by atoms with van der Waals surface area (Å²) < 4.78 is 0. The first kappa shape index (κ1) is 11.0. The topological polar surface area (TPSA) is 41.6 Å². The molecule has 2 aromatic heterocycles. The Morgan fingerprint density at radius 3 is 2.78 bits per heavy atom. The average molecular weight is 236 g/mol. The molecular weight excluding hydrogens is 222 g/mol. The lowest BCUT2D eigenvalue weighted by Crippen LogP contribution is -1.93. The summed E-state index contributed by atoms with van der Waals surface area (Å²) in [6.07, 6.45) is 6.56. The molecule has 0 atom stereocenters. The van der Waals surface area contributed by atoms with E-state index in [0.717, 1.165) is 24.0 Å². The Bertz CT molecular complexity index is 653. The molecule has 0 amide bonds. The van der Waals surface area contributed by atoms with E-state index in [4.69, 9.17) is 0 Å². The first-order valence-corrected chi connectivity index (χ1v) is 6.08. The van der Waals surface area contributed by atoms with Gasteiger partial charge < -0.3 is 4.98 Å². The predicted molar refractivity (Wildman–Crippen MR) is 71.3 cm³/mol. The van der Waals surface area contributed by atoms with Crippen LogP contribution in [0.15, 0.2) is 36.5 Å². The number of nitrogens with one attached hydrogen (secondary N) is 1. The van der Waals surface area contributed by atoms with E-state index < -0.39 is 0 Å². The van der Waals surface area contributed by atoms with Gasteiger partial charge in [-0.2, -0.15) is 0 Å². The number of aromatic amines is 1. The summed E-state index contributed by atoms with van der Waals surface area (Å²) in [5, 5.41) is 0. The van der Waals surface area contributed by atoms with Crippen LogP contribution in [-0.4, -0.2) is 15.0 Å². The van der Waals surface area contributed by atoms with Crippen LogP contribution < -0.4 is 0 Å². The Balaban J connectivity index is 1.80. The number of rotatable bonds is 3. The monoisotopic (exact) mass is 236 g/mol. The minimum Gasteiger partial charge on any atom is -0.320 e. The predicted octanol–water partition coefficient (Wildman–Crippen LogP) is 2.85. The Kier molecular flexibility index (Phi) is 2.81. The van der Waals surface area contributed by atoms with Crippen LogP contribution in [0.3, 0.4) is 0 Å². The van der Waals surface area contributed by atoms with Gasteiger partial charge in [0.2, 0.25) is 0 Å².